The lowest BCUT2D eigenvalue weighted by Crippen LogP contribution is -2.43. The van der Waals surface area contributed by atoms with E-state index in [0.29, 0.717) is 11.3 Å². The van der Waals surface area contributed by atoms with Gasteiger partial charge in [-0.2, -0.15) is 13.2 Å². The Labute approximate surface area is 238 Å². The molecule has 2 saturated heterocycles. The summed E-state index contributed by atoms with van der Waals surface area (Å²) >= 11 is 0. The van der Waals surface area contributed by atoms with Crippen LogP contribution in [-0.4, -0.2) is 75.7 Å². The van der Waals surface area contributed by atoms with E-state index in [1.807, 2.05) is 29.2 Å². The molecule has 41 heavy (non-hydrogen) atoms. The molecule has 0 atom stereocenters. The number of sulfonamides is 1. The van der Waals surface area contributed by atoms with Crippen LogP contribution in [0.25, 0.3) is 0 Å². The number of carboxylic acids is 1. The number of rotatable bonds is 7. The summed E-state index contributed by atoms with van der Waals surface area (Å²) in [7, 11) is -3.80. The quantitative estimate of drug-likeness (QED) is 0.430. The summed E-state index contributed by atoms with van der Waals surface area (Å²) in [4.78, 5) is 26.4. The number of piperazine rings is 1. The average molecular weight is 599 g/mol. The second-order valence-corrected chi connectivity index (χ2v) is 11.7. The number of anilines is 2. The first-order valence-corrected chi connectivity index (χ1v) is 15.2. The fraction of sp³-hybridized carbons (Fsp3) is 0.500. The van der Waals surface area contributed by atoms with E-state index in [4.69, 9.17) is 9.90 Å². The fourth-order valence-corrected chi connectivity index (χ4v) is 5.78. The molecule has 2 fully saturated rings. The molecule has 0 aliphatic carbocycles. The number of benzene rings is 2. The third-order valence-corrected chi connectivity index (χ3v) is 8.24. The van der Waals surface area contributed by atoms with Gasteiger partial charge in [-0.15, -0.1) is 0 Å². The number of likely N-dealkylation sites (tertiary alicyclic amines) is 1. The summed E-state index contributed by atoms with van der Waals surface area (Å²) in [6.07, 6.45) is 1.16. The van der Waals surface area contributed by atoms with Crippen molar-refractivity contribution >= 4 is 33.3 Å². The summed E-state index contributed by atoms with van der Waals surface area (Å²) < 4.78 is 61.1. The predicted octanol–water partition coefficient (Wildman–Crippen LogP) is 4.50. The SMILES string of the molecule is CCCc1ccc(S(=O)(=O)Nc2cc(C(=O)N3CCCCCC3)ccc2N2CCNCC2)cc1.O=C(O)C(F)(F)F. The highest BCUT2D eigenvalue weighted by Gasteiger charge is 2.38. The van der Waals surface area contributed by atoms with Gasteiger partial charge in [0.25, 0.3) is 15.9 Å². The Hall–Kier alpha value is -3.32. The minimum Gasteiger partial charge on any atom is -0.475 e. The highest BCUT2D eigenvalue weighted by Crippen LogP contribution is 2.31. The van der Waals surface area contributed by atoms with Gasteiger partial charge in [-0.3, -0.25) is 9.52 Å². The van der Waals surface area contributed by atoms with Crippen molar-refractivity contribution in [2.75, 3.05) is 48.9 Å². The number of hydrogen-bond donors (Lipinski definition) is 3. The molecule has 2 aromatic carbocycles. The first-order chi connectivity index (χ1) is 19.4. The topological polar surface area (TPSA) is 119 Å². The monoisotopic (exact) mass is 598 g/mol. The van der Waals surface area contributed by atoms with E-state index in [0.717, 1.165) is 89.0 Å². The minimum absolute atomic E-state index is 0.0295. The maximum absolute atomic E-state index is 13.3. The van der Waals surface area contributed by atoms with Crippen LogP contribution in [0.2, 0.25) is 0 Å². The lowest BCUT2D eigenvalue weighted by molar-refractivity contribution is -0.192. The molecule has 9 nitrogen and oxygen atoms in total. The normalized spacial score (nSPS) is 16.3. The van der Waals surface area contributed by atoms with E-state index in [1.54, 1.807) is 18.2 Å². The lowest BCUT2D eigenvalue weighted by Gasteiger charge is -2.31. The van der Waals surface area contributed by atoms with Gasteiger partial charge in [0.05, 0.1) is 16.3 Å². The van der Waals surface area contributed by atoms with Crippen molar-refractivity contribution in [3.8, 4) is 0 Å². The summed E-state index contributed by atoms with van der Waals surface area (Å²) in [6.45, 7) is 6.83. The van der Waals surface area contributed by atoms with Crippen molar-refractivity contribution in [1.82, 2.24) is 10.2 Å². The van der Waals surface area contributed by atoms with Gasteiger partial charge >= 0.3 is 12.1 Å². The van der Waals surface area contributed by atoms with Crippen molar-refractivity contribution in [2.24, 2.45) is 0 Å². The Bertz CT molecular complexity index is 1270. The van der Waals surface area contributed by atoms with Gasteiger partial charge in [-0.1, -0.05) is 38.3 Å². The molecule has 1 amide bonds. The summed E-state index contributed by atoms with van der Waals surface area (Å²) in [5.41, 5.74) is 2.91. The van der Waals surface area contributed by atoms with Gasteiger partial charge < -0.3 is 20.2 Å². The van der Waals surface area contributed by atoms with Crippen LogP contribution in [0.4, 0.5) is 24.5 Å². The van der Waals surface area contributed by atoms with Gasteiger partial charge in [0.2, 0.25) is 0 Å². The van der Waals surface area contributed by atoms with Crippen LogP contribution in [0.15, 0.2) is 47.4 Å². The number of amides is 1. The Morgan fingerprint density at radius 3 is 2.07 bits per heavy atom. The number of carbonyl (C=O) groups excluding carboxylic acids is 1. The van der Waals surface area contributed by atoms with Crippen molar-refractivity contribution < 1.29 is 36.3 Å². The third-order valence-electron chi connectivity index (χ3n) is 6.85. The molecule has 13 heteroatoms. The highest BCUT2D eigenvalue weighted by atomic mass is 32.2. The number of hydrogen-bond acceptors (Lipinski definition) is 6. The highest BCUT2D eigenvalue weighted by molar-refractivity contribution is 7.92. The summed E-state index contributed by atoms with van der Waals surface area (Å²) in [5, 5.41) is 10.5. The number of halogens is 3. The summed E-state index contributed by atoms with van der Waals surface area (Å²) in [6, 6.07) is 12.5. The maximum atomic E-state index is 13.3. The first-order valence-electron chi connectivity index (χ1n) is 13.7. The number of carboxylic acid groups (broad SMARTS) is 1. The molecule has 0 saturated carbocycles. The molecule has 0 spiro atoms. The third kappa shape index (κ3) is 9.35. The number of nitrogens with one attached hydrogen (secondary N) is 2. The van der Waals surface area contributed by atoms with Gasteiger partial charge in [0, 0.05) is 44.8 Å². The van der Waals surface area contributed by atoms with Crippen molar-refractivity contribution in [1.29, 1.82) is 0 Å². The van der Waals surface area contributed by atoms with Crippen molar-refractivity contribution in [2.45, 2.75) is 56.5 Å². The largest absolute Gasteiger partial charge is 0.490 e. The molecule has 2 heterocycles. The Kier molecular flexibility index (Phi) is 11.4. The number of aryl methyl sites for hydroxylation is 1. The average Bonchev–Trinajstić information content (AvgIpc) is 3.23. The summed E-state index contributed by atoms with van der Waals surface area (Å²) in [5.74, 6) is -2.79. The number of alkyl halides is 3. The second-order valence-electron chi connectivity index (χ2n) is 9.98. The smallest absolute Gasteiger partial charge is 0.475 e. The van der Waals surface area contributed by atoms with Crippen LogP contribution in [0, 0.1) is 0 Å². The van der Waals surface area contributed by atoms with E-state index in [1.165, 1.54) is 0 Å². The molecule has 3 N–H and O–H groups in total. The molecular weight excluding hydrogens is 561 g/mol. The predicted molar refractivity (Wildman–Crippen MR) is 151 cm³/mol. The number of aliphatic carboxylic acids is 1. The zero-order valence-corrected chi connectivity index (χ0v) is 23.9. The first kappa shape index (κ1) is 32.2. The Balaban J connectivity index is 0.000000587. The molecule has 4 rings (SSSR count). The van der Waals surface area contributed by atoms with Gasteiger partial charge in [-0.25, -0.2) is 13.2 Å². The van der Waals surface area contributed by atoms with Gasteiger partial charge in [0.15, 0.2) is 0 Å². The second kappa shape index (κ2) is 14.5. The number of nitrogens with zero attached hydrogens (tertiary/aromatic N) is 2. The van der Waals surface area contributed by atoms with Gasteiger partial charge in [-0.05, 0) is 55.2 Å². The van der Waals surface area contributed by atoms with Crippen LogP contribution in [0.3, 0.4) is 0 Å². The molecular formula is C28H37F3N4O5S. The van der Waals surface area contributed by atoms with Crippen LogP contribution >= 0.6 is 0 Å². The molecule has 2 aliphatic rings. The zero-order chi connectivity index (χ0) is 30.0. The Morgan fingerprint density at radius 2 is 1.54 bits per heavy atom. The molecule has 2 aliphatic heterocycles. The van der Waals surface area contributed by atoms with Crippen LogP contribution in [0.1, 0.15) is 54.9 Å². The van der Waals surface area contributed by atoms with Crippen molar-refractivity contribution in [3.05, 3.63) is 53.6 Å². The minimum atomic E-state index is -5.08. The van der Waals surface area contributed by atoms with E-state index in [9.17, 15) is 26.4 Å². The Morgan fingerprint density at radius 1 is 0.951 bits per heavy atom. The fourth-order valence-electron chi connectivity index (χ4n) is 4.72. The van der Waals surface area contributed by atoms with E-state index < -0.39 is 22.2 Å². The molecule has 0 bridgehead atoms. The molecule has 0 radical (unpaired) electrons. The standard InChI is InChI=1S/C26H36N4O3S.C2HF3O2/c1-2-7-21-8-11-23(12-9-21)34(32,33)28-24-20-22(26(31)30-16-5-3-4-6-17-30)10-13-25(24)29-18-14-27-15-19-29;3-2(4,5)1(6)7/h8-13,20,27-28H,2-7,14-19H2,1H3;(H,6,7). The van der Waals surface area contributed by atoms with Gasteiger partial charge in [0.1, 0.15) is 0 Å². The van der Waals surface area contributed by atoms with E-state index >= 15 is 0 Å². The van der Waals surface area contributed by atoms with Crippen LogP contribution in [0.5, 0.6) is 0 Å². The van der Waals surface area contributed by atoms with Crippen LogP contribution in [-0.2, 0) is 21.2 Å². The maximum Gasteiger partial charge on any atom is 0.490 e. The lowest BCUT2D eigenvalue weighted by atomic mass is 10.1. The van der Waals surface area contributed by atoms with Crippen molar-refractivity contribution in [3.63, 3.8) is 0 Å². The molecule has 0 unspecified atom stereocenters. The molecule has 0 aromatic heterocycles. The molecule has 2 aromatic rings. The van der Waals surface area contributed by atoms with Crippen LogP contribution < -0.4 is 14.9 Å². The van der Waals surface area contributed by atoms with E-state index in [2.05, 4.69) is 21.9 Å². The van der Waals surface area contributed by atoms with E-state index in [-0.39, 0.29) is 10.8 Å². The molecule has 226 valence electrons. The zero-order valence-electron chi connectivity index (χ0n) is 23.0. The number of carbonyl (C=O) groups is 2.